The zero-order valence-corrected chi connectivity index (χ0v) is 28.9. The van der Waals surface area contributed by atoms with Crippen molar-refractivity contribution in [1.82, 2.24) is 14.3 Å². The molecule has 0 aliphatic carbocycles. The molecule has 3 unspecified atom stereocenters. The molecule has 2 rings (SSSR count). The van der Waals surface area contributed by atoms with E-state index in [4.69, 9.17) is 4.74 Å². The molecule has 1 N–H and O–H groups in total. The lowest BCUT2D eigenvalue weighted by Crippen LogP contribution is -2.73. The topological polar surface area (TPSA) is 143 Å². The maximum atomic E-state index is 13.6. The highest BCUT2D eigenvalue weighted by molar-refractivity contribution is 7.83. The van der Waals surface area contributed by atoms with E-state index in [2.05, 4.69) is 24.2 Å². The Bertz CT molecular complexity index is 1050. The van der Waals surface area contributed by atoms with E-state index < -0.39 is 54.3 Å². The Morgan fingerprint density at radius 3 is 1.77 bits per heavy atom. The second kappa shape index (κ2) is 21.0. The quantitative estimate of drug-likeness (QED) is 0.0731. The van der Waals surface area contributed by atoms with Crippen LogP contribution in [0.1, 0.15) is 149 Å². The largest absolute Gasteiger partial charge is 0.438 e. The van der Waals surface area contributed by atoms with Crippen LogP contribution in [0, 0.1) is 0 Å². The van der Waals surface area contributed by atoms with Crippen LogP contribution in [0.3, 0.4) is 0 Å². The van der Waals surface area contributed by atoms with Gasteiger partial charge in [0.1, 0.15) is 11.0 Å². The third-order valence-corrected chi connectivity index (χ3v) is 10.5. The number of urea groups is 2. The Hall–Kier alpha value is -1.91. The number of rotatable bonds is 26. The van der Waals surface area contributed by atoms with Crippen molar-refractivity contribution >= 4 is 42.5 Å². The molecule has 0 aromatic carbocycles. The van der Waals surface area contributed by atoms with Gasteiger partial charge in [-0.1, -0.05) is 123 Å². The van der Waals surface area contributed by atoms with Crippen LogP contribution in [-0.2, 0) is 29.6 Å². The van der Waals surface area contributed by atoms with Crippen molar-refractivity contribution in [3.05, 3.63) is 0 Å². The number of nitrogens with zero attached hydrogens (tertiary/aromatic N) is 3. The molecule has 2 aliphatic heterocycles. The van der Waals surface area contributed by atoms with Crippen LogP contribution in [0.15, 0.2) is 4.99 Å². The van der Waals surface area contributed by atoms with Crippen LogP contribution < -0.4 is 5.32 Å². The molecular formula is C31H55N4O7PS. The van der Waals surface area contributed by atoms with Gasteiger partial charge in [-0.15, -0.1) is 4.67 Å². The lowest BCUT2D eigenvalue weighted by atomic mass is 9.95. The summed E-state index contributed by atoms with van der Waals surface area (Å²) < 4.78 is 44.3. The van der Waals surface area contributed by atoms with Crippen LogP contribution >= 0.6 is 7.83 Å². The van der Waals surface area contributed by atoms with Crippen LogP contribution in [0.25, 0.3) is 0 Å². The summed E-state index contributed by atoms with van der Waals surface area (Å²) in [5, 5.41) is 2.57. The van der Waals surface area contributed by atoms with Crippen LogP contribution in [-0.4, -0.2) is 61.0 Å². The summed E-state index contributed by atoms with van der Waals surface area (Å²) in [7, 11) is -5.70. The number of aliphatic imine (C=N–C) groups is 1. The van der Waals surface area contributed by atoms with E-state index in [0.717, 1.165) is 49.3 Å². The van der Waals surface area contributed by atoms with Gasteiger partial charge in [0, 0.05) is 18.8 Å². The average molecular weight is 659 g/mol. The minimum Gasteiger partial charge on any atom is -0.378 e. The lowest BCUT2D eigenvalue weighted by Gasteiger charge is -2.44. The van der Waals surface area contributed by atoms with Crippen molar-refractivity contribution < 1.29 is 32.5 Å². The van der Waals surface area contributed by atoms with Gasteiger partial charge in [-0.25, -0.2) is 27.2 Å². The van der Waals surface area contributed by atoms with Gasteiger partial charge < -0.3 is 10.1 Å². The van der Waals surface area contributed by atoms with Crippen LogP contribution in [0.2, 0.25) is 0 Å². The summed E-state index contributed by atoms with van der Waals surface area (Å²) >= 11 is 0. The van der Waals surface area contributed by atoms with Crippen molar-refractivity contribution in [2.75, 3.05) is 12.4 Å². The van der Waals surface area contributed by atoms with Crippen LogP contribution in [0.5, 0.6) is 0 Å². The monoisotopic (exact) mass is 658 g/mol. The molecule has 2 heterocycles. The molecular weight excluding hydrogens is 603 g/mol. The molecule has 3 atom stereocenters. The Kier molecular flexibility index (Phi) is 18.3. The first kappa shape index (κ1) is 38.3. The summed E-state index contributed by atoms with van der Waals surface area (Å²) in [5.41, 5.74) is -2.29. The van der Waals surface area contributed by atoms with Crippen molar-refractivity contribution in [1.29, 1.82) is 0 Å². The van der Waals surface area contributed by atoms with Gasteiger partial charge >= 0.3 is 19.9 Å². The number of hydrogen-bond donors (Lipinski definition) is 1. The van der Waals surface area contributed by atoms with E-state index in [0.29, 0.717) is 13.0 Å². The lowest BCUT2D eigenvalue weighted by molar-refractivity contribution is -0.120. The number of ether oxygens (including phenoxy) is 1. The molecule has 0 radical (unpaired) electrons. The summed E-state index contributed by atoms with van der Waals surface area (Å²) in [6, 6.07) is -2.14. The second-order valence-corrected chi connectivity index (χ2v) is 14.4. The smallest absolute Gasteiger partial charge is 0.378 e. The maximum Gasteiger partial charge on any atom is 0.438 e. The van der Waals surface area contributed by atoms with Crippen molar-refractivity contribution in [2.45, 2.75) is 161 Å². The Balaban J connectivity index is 1.97. The summed E-state index contributed by atoms with van der Waals surface area (Å²) in [6.45, 7) is 6.61. The Labute approximate surface area is 267 Å². The predicted octanol–water partition coefficient (Wildman–Crippen LogP) is 8.11. The molecule has 0 aromatic rings. The van der Waals surface area contributed by atoms with Crippen molar-refractivity contribution in [3.8, 4) is 0 Å². The Morgan fingerprint density at radius 2 is 1.27 bits per heavy atom. The van der Waals surface area contributed by atoms with Gasteiger partial charge in [0.15, 0.2) is 11.4 Å². The van der Waals surface area contributed by atoms with Gasteiger partial charge in [0.25, 0.3) is 5.91 Å². The number of nitrogens with one attached hydrogen (secondary N) is 1. The third kappa shape index (κ3) is 11.8. The van der Waals surface area contributed by atoms with Gasteiger partial charge in [-0.05, 0) is 19.8 Å². The van der Waals surface area contributed by atoms with E-state index in [1.807, 2.05) is 0 Å². The van der Waals surface area contributed by atoms with Gasteiger partial charge in [-0.2, -0.15) is 4.99 Å². The van der Waals surface area contributed by atoms with E-state index in [1.165, 1.54) is 70.6 Å². The standard InChI is InChI=1S/C31H55N4O7PS/c1-4-6-8-10-12-14-15-16-18-20-22-24-44(41)35-30(38)34(43(39)40)28(36)27-31(35,33-29(37)32-27)25-26(3)42-23-21-19-17-13-11-9-7-5-2/h26H,4-25H2,1-3H3,(H,33,37). The highest BCUT2D eigenvalue weighted by atomic mass is 32.2. The number of carbonyl (C=O) groups excluding carboxylic acids is 3. The Morgan fingerprint density at radius 1 is 0.795 bits per heavy atom. The van der Waals surface area contributed by atoms with E-state index in [9.17, 15) is 27.7 Å². The molecule has 0 spiro atoms. The highest BCUT2D eigenvalue weighted by Crippen LogP contribution is 2.37. The molecule has 1 saturated heterocycles. The third-order valence-electron chi connectivity index (χ3n) is 8.29. The molecule has 13 heteroatoms. The zero-order valence-electron chi connectivity index (χ0n) is 27.2. The zero-order chi connectivity index (χ0) is 32.4. The molecule has 11 nitrogen and oxygen atoms in total. The fraction of sp³-hybridized carbons (Fsp3) is 0.871. The number of unbranched alkanes of at least 4 members (excludes halogenated alkanes) is 17. The summed E-state index contributed by atoms with van der Waals surface area (Å²) in [4.78, 5) is 42.7. The molecule has 0 aromatic heterocycles. The molecule has 44 heavy (non-hydrogen) atoms. The molecule has 1 fully saturated rings. The number of imide groups is 1. The number of fused-ring (bicyclic) bond motifs is 1. The summed E-state index contributed by atoms with van der Waals surface area (Å²) in [5.74, 6) is -1.12. The van der Waals surface area contributed by atoms with Gasteiger partial charge in [0.05, 0.1) is 6.10 Å². The normalized spacial score (nSPS) is 19.6. The highest BCUT2D eigenvalue weighted by Gasteiger charge is 2.62. The molecule has 5 amide bonds. The van der Waals surface area contributed by atoms with E-state index >= 15 is 0 Å². The van der Waals surface area contributed by atoms with Gasteiger partial charge in [-0.3, -0.25) is 4.79 Å². The fourth-order valence-electron chi connectivity index (χ4n) is 5.88. The van der Waals surface area contributed by atoms with E-state index in [1.54, 1.807) is 6.92 Å². The first-order valence-corrected chi connectivity index (χ1v) is 19.3. The second-order valence-electron chi connectivity index (χ2n) is 12.1. The minimum absolute atomic E-state index is 0.0249. The molecule has 2 aliphatic rings. The van der Waals surface area contributed by atoms with Crippen molar-refractivity contribution in [2.24, 2.45) is 4.99 Å². The van der Waals surface area contributed by atoms with E-state index in [-0.39, 0.29) is 16.8 Å². The molecule has 0 bridgehead atoms. The summed E-state index contributed by atoms with van der Waals surface area (Å²) in [6.07, 6.45) is 20.6. The number of carbonyl (C=O) groups is 3. The maximum absolute atomic E-state index is 13.6. The average Bonchev–Trinajstić information content (AvgIpc) is 3.30. The van der Waals surface area contributed by atoms with Gasteiger partial charge in [0.2, 0.25) is 0 Å². The first-order valence-electron chi connectivity index (χ1n) is 16.9. The SMILES string of the molecule is CCCCCCCCCCCCCS(=O)N1C(=O)N(P(=O)=O)C(=O)C2=NC(=O)NC21CC(C)OCCCCCCCCCC. The van der Waals surface area contributed by atoms with Crippen LogP contribution in [0.4, 0.5) is 9.59 Å². The predicted molar refractivity (Wildman–Crippen MR) is 173 cm³/mol. The molecule has 252 valence electrons. The first-order chi connectivity index (χ1) is 21.2. The van der Waals surface area contributed by atoms with Crippen molar-refractivity contribution in [3.63, 3.8) is 0 Å². The number of amides is 5. The number of hydrogen-bond acceptors (Lipinski definition) is 7. The molecule has 0 saturated carbocycles. The fourth-order valence-corrected chi connectivity index (χ4v) is 7.85. The minimum atomic E-state index is -3.67.